The molecule has 20 heavy (non-hydrogen) atoms. The predicted molar refractivity (Wildman–Crippen MR) is 80.9 cm³/mol. The normalized spacial score (nSPS) is 16.6. The molecule has 0 spiro atoms. The Morgan fingerprint density at radius 1 is 1.30 bits per heavy atom. The van der Waals surface area contributed by atoms with Crippen LogP contribution in [0.1, 0.15) is 18.4 Å². The van der Waals surface area contributed by atoms with Crippen LogP contribution in [0.3, 0.4) is 0 Å². The third kappa shape index (κ3) is 2.67. The summed E-state index contributed by atoms with van der Waals surface area (Å²) < 4.78 is 0. The first-order valence-electron chi connectivity index (χ1n) is 7.18. The van der Waals surface area contributed by atoms with E-state index < -0.39 is 0 Å². The van der Waals surface area contributed by atoms with Crippen molar-refractivity contribution in [1.29, 1.82) is 0 Å². The van der Waals surface area contributed by atoms with Crippen molar-refractivity contribution in [2.45, 2.75) is 25.8 Å². The van der Waals surface area contributed by atoms with E-state index in [-0.39, 0.29) is 0 Å². The summed E-state index contributed by atoms with van der Waals surface area (Å²) in [6.45, 7) is 4.11. The first kappa shape index (κ1) is 13.1. The molecule has 2 N–H and O–H groups in total. The van der Waals surface area contributed by atoms with Gasteiger partial charge in [0.15, 0.2) is 5.82 Å². The number of nitrogens with zero attached hydrogens (tertiary/aromatic N) is 3. The molecule has 0 bridgehead atoms. The molecule has 1 fully saturated rings. The molecule has 1 aliphatic heterocycles. The van der Waals surface area contributed by atoms with Gasteiger partial charge in [0, 0.05) is 24.7 Å². The lowest BCUT2D eigenvalue weighted by molar-refractivity contribution is 0.439. The Bertz CT molecular complexity index is 569. The van der Waals surface area contributed by atoms with Crippen LogP contribution in [0.15, 0.2) is 24.3 Å². The first-order chi connectivity index (χ1) is 9.76. The van der Waals surface area contributed by atoms with Crippen LogP contribution < -0.4 is 10.2 Å². The van der Waals surface area contributed by atoms with E-state index in [1.165, 1.54) is 5.56 Å². The summed E-state index contributed by atoms with van der Waals surface area (Å²) >= 11 is 0. The highest BCUT2D eigenvalue weighted by molar-refractivity contribution is 5.57. The van der Waals surface area contributed by atoms with Gasteiger partial charge in [-0.1, -0.05) is 23.8 Å². The van der Waals surface area contributed by atoms with E-state index in [2.05, 4.69) is 50.5 Å². The SMILES string of the molecule is CNC1CCN(c2n[nH]c(-c3cccc(C)c3)n2)CC1. The Labute approximate surface area is 119 Å². The number of hydrogen-bond donors (Lipinski definition) is 2. The second-order valence-electron chi connectivity index (χ2n) is 5.40. The molecule has 1 aliphatic rings. The van der Waals surface area contributed by atoms with Crippen molar-refractivity contribution in [3.63, 3.8) is 0 Å². The Morgan fingerprint density at radius 2 is 2.10 bits per heavy atom. The zero-order valence-electron chi connectivity index (χ0n) is 12.1. The maximum atomic E-state index is 4.63. The van der Waals surface area contributed by atoms with Crippen molar-refractivity contribution in [2.75, 3.05) is 25.0 Å². The van der Waals surface area contributed by atoms with Crippen molar-refractivity contribution in [2.24, 2.45) is 0 Å². The Hall–Kier alpha value is -1.88. The fraction of sp³-hybridized carbons (Fsp3) is 0.467. The van der Waals surface area contributed by atoms with Gasteiger partial charge in [-0.2, -0.15) is 4.98 Å². The second-order valence-corrected chi connectivity index (χ2v) is 5.40. The molecule has 0 atom stereocenters. The van der Waals surface area contributed by atoms with E-state index in [4.69, 9.17) is 0 Å². The van der Waals surface area contributed by atoms with Crippen LogP contribution in [0.4, 0.5) is 5.95 Å². The number of H-pyrrole nitrogens is 1. The van der Waals surface area contributed by atoms with Gasteiger partial charge in [0.1, 0.15) is 0 Å². The molecule has 1 aromatic carbocycles. The summed E-state index contributed by atoms with van der Waals surface area (Å²) in [5, 5.41) is 10.8. The molecule has 1 saturated heterocycles. The summed E-state index contributed by atoms with van der Waals surface area (Å²) in [4.78, 5) is 6.89. The van der Waals surface area contributed by atoms with Crippen LogP contribution in [-0.2, 0) is 0 Å². The number of aryl methyl sites for hydroxylation is 1. The van der Waals surface area contributed by atoms with Gasteiger partial charge in [-0.05, 0) is 32.9 Å². The molecule has 5 heteroatoms. The minimum absolute atomic E-state index is 0.626. The van der Waals surface area contributed by atoms with Crippen LogP contribution in [-0.4, -0.2) is 41.4 Å². The van der Waals surface area contributed by atoms with E-state index in [9.17, 15) is 0 Å². The summed E-state index contributed by atoms with van der Waals surface area (Å²) in [7, 11) is 2.03. The van der Waals surface area contributed by atoms with E-state index in [1.807, 2.05) is 13.1 Å². The number of nitrogens with one attached hydrogen (secondary N) is 2. The Balaban J connectivity index is 1.74. The fourth-order valence-electron chi connectivity index (χ4n) is 2.68. The van der Waals surface area contributed by atoms with Gasteiger partial charge < -0.3 is 10.2 Å². The van der Waals surface area contributed by atoms with Gasteiger partial charge in [0.05, 0.1) is 0 Å². The predicted octanol–water partition coefficient (Wildman–Crippen LogP) is 1.97. The zero-order chi connectivity index (χ0) is 13.9. The van der Waals surface area contributed by atoms with E-state index in [1.54, 1.807) is 0 Å². The van der Waals surface area contributed by atoms with Crippen LogP contribution in [0.5, 0.6) is 0 Å². The quantitative estimate of drug-likeness (QED) is 0.896. The zero-order valence-corrected chi connectivity index (χ0v) is 12.1. The minimum Gasteiger partial charge on any atom is -0.339 e. The van der Waals surface area contributed by atoms with Crippen molar-refractivity contribution >= 4 is 5.95 Å². The third-order valence-corrected chi connectivity index (χ3v) is 3.95. The van der Waals surface area contributed by atoms with Crippen LogP contribution >= 0.6 is 0 Å². The molecular weight excluding hydrogens is 250 g/mol. The summed E-state index contributed by atoms with van der Waals surface area (Å²) in [6, 6.07) is 8.94. The first-order valence-corrected chi connectivity index (χ1v) is 7.18. The van der Waals surface area contributed by atoms with E-state index in [0.717, 1.165) is 43.3 Å². The molecule has 5 nitrogen and oxygen atoms in total. The highest BCUT2D eigenvalue weighted by Crippen LogP contribution is 2.21. The van der Waals surface area contributed by atoms with Gasteiger partial charge in [-0.3, -0.25) is 5.10 Å². The topological polar surface area (TPSA) is 56.8 Å². The number of benzene rings is 1. The number of anilines is 1. The van der Waals surface area contributed by atoms with Crippen molar-refractivity contribution in [3.05, 3.63) is 29.8 Å². The van der Waals surface area contributed by atoms with Crippen molar-refractivity contribution in [1.82, 2.24) is 20.5 Å². The molecule has 0 saturated carbocycles. The Kier molecular flexibility index (Phi) is 3.69. The van der Waals surface area contributed by atoms with Crippen molar-refractivity contribution < 1.29 is 0 Å². The number of aromatic nitrogens is 3. The van der Waals surface area contributed by atoms with E-state index in [0.29, 0.717) is 6.04 Å². The average molecular weight is 271 g/mol. The number of hydrogen-bond acceptors (Lipinski definition) is 4. The number of aromatic amines is 1. The maximum Gasteiger partial charge on any atom is 0.245 e. The lowest BCUT2D eigenvalue weighted by atomic mass is 10.1. The number of piperidine rings is 1. The van der Waals surface area contributed by atoms with Crippen LogP contribution in [0, 0.1) is 6.92 Å². The molecule has 2 aromatic rings. The van der Waals surface area contributed by atoms with Crippen molar-refractivity contribution in [3.8, 4) is 11.4 Å². The lowest BCUT2D eigenvalue weighted by Gasteiger charge is -2.30. The molecule has 3 rings (SSSR count). The standard InChI is InChI=1S/C15H21N5/c1-11-4-3-5-12(10-11)14-17-15(19-18-14)20-8-6-13(16-2)7-9-20/h3-5,10,13,16H,6-9H2,1-2H3,(H,17,18,19). The van der Waals surface area contributed by atoms with Gasteiger partial charge in [0.25, 0.3) is 0 Å². The summed E-state index contributed by atoms with van der Waals surface area (Å²) in [6.07, 6.45) is 2.29. The molecule has 2 heterocycles. The Morgan fingerprint density at radius 3 is 2.80 bits per heavy atom. The average Bonchev–Trinajstić information content (AvgIpc) is 2.97. The molecule has 0 aliphatic carbocycles. The van der Waals surface area contributed by atoms with Gasteiger partial charge >= 0.3 is 0 Å². The fourth-order valence-corrected chi connectivity index (χ4v) is 2.68. The molecule has 0 radical (unpaired) electrons. The monoisotopic (exact) mass is 271 g/mol. The van der Waals surface area contributed by atoms with Crippen LogP contribution in [0.2, 0.25) is 0 Å². The lowest BCUT2D eigenvalue weighted by Crippen LogP contribution is -2.41. The molecule has 0 amide bonds. The maximum absolute atomic E-state index is 4.63. The minimum atomic E-state index is 0.626. The summed E-state index contributed by atoms with van der Waals surface area (Å²) in [5.74, 6) is 1.66. The van der Waals surface area contributed by atoms with E-state index >= 15 is 0 Å². The largest absolute Gasteiger partial charge is 0.339 e. The number of rotatable bonds is 3. The molecular formula is C15H21N5. The molecule has 0 unspecified atom stereocenters. The van der Waals surface area contributed by atoms with Gasteiger partial charge in [-0.15, -0.1) is 5.10 Å². The second kappa shape index (κ2) is 5.63. The molecule has 1 aromatic heterocycles. The summed E-state index contributed by atoms with van der Waals surface area (Å²) in [5.41, 5.74) is 2.32. The highest BCUT2D eigenvalue weighted by atomic mass is 15.4. The highest BCUT2D eigenvalue weighted by Gasteiger charge is 2.20. The van der Waals surface area contributed by atoms with Crippen LogP contribution in [0.25, 0.3) is 11.4 Å². The third-order valence-electron chi connectivity index (χ3n) is 3.95. The molecule has 106 valence electrons. The smallest absolute Gasteiger partial charge is 0.245 e. The van der Waals surface area contributed by atoms with Gasteiger partial charge in [0.2, 0.25) is 5.95 Å². The van der Waals surface area contributed by atoms with Gasteiger partial charge in [-0.25, -0.2) is 0 Å².